The average molecular weight is 289 g/mol. The minimum atomic E-state index is 0.512. The fourth-order valence-corrected chi connectivity index (χ4v) is 3.52. The summed E-state index contributed by atoms with van der Waals surface area (Å²) >= 11 is 0. The first-order valence-corrected chi connectivity index (χ1v) is 7.19. The highest BCUT2D eigenvalue weighted by molar-refractivity contribution is 6.27. The Hall–Kier alpha value is -2.88. The molecule has 0 spiro atoms. The fraction of sp³-hybridized carbons (Fsp3) is 0.0556. The van der Waals surface area contributed by atoms with Crippen LogP contribution in [0.15, 0.2) is 54.7 Å². The molecular formula is C18H12FN3. The Balaban J connectivity index is 2.22. The van der Waals surface area contributed by atoms with Crippen LogP contribution in [0, 0.1) is 0 Å². The zero-order valence-corrected chi connectivity index (χ0v) is 11.9. The lowest BCUT2D eigenvalue weighted by Gasteiger charge is -1.98. The molecule has 0 amide bonds. The molecule has 0 bridgehead atoms. The van der Waals surface area contributed by atoms with E-state index in [1.54, 1.807) is 18.3 Å². The van der Waals surface area contributed by atoms with E-state index in [0.717, 1.165) is 32.0 Å². The minimum Gasteiger partial charge on any atom is -0.344 e. The fourth-order valence-electron chi connectivity index (χ4n) is 3.52. The van der Waals surface area contributed by atoms with Crippen molar-refractivity contribution in [1.82, 2.24) is 14.3 Å². The largest absolute Gasteiger partial charge is 0.344 e. The predicted molar refractivity (Wildman–Crippen MR) is 87.7 cm³/mol. The first-order chi connectivity index (χ1) is 10.8. The lowest BCUT2D eigenvalue weighted by Crippen LogP contribution is -1.86. The lowest BCUT2D eigenvalue weighted by molar-refractivity contribution is 0.405. The van der Waals surface area contributed by atoms with Gasteiger partial charge in [0.15, 0.2) is 0 Å². The number of aromatic nitrogens is 3. The van der Waals surface area contributed by atoms with E-state index in [4.69, 9.17) is 0 Å². The van der Waals surface area contributed by atoms with Gasteiger partial charge in [0.05, 0.1) is 11.0 Å². The van der Waals surface area contributed by atoms with Crippen LogP contribution in [0.25, 0.3) is 43.7 Å². The van der Waals surface area contributed by atoms with E-state index in [0.29, 0.717) is 16.6 Å². The molecule has 0 unspecified atom stereocenters. The summed E-state index contributed by atoms with van der Waals surface area (Å²) in [5, 5.41) is 3.08. The molecule has 0 aliphatic carbocycles. The maximum absolute atomic E-state index is 14.6. The van der Waals surface area contributed by atoms with E-state index in [2.05, 4.69) is 21.7 Å². The first kappa shape index (κ1) is 11.7. The van der Waals surface area contributed by atoms with E-state index in [9.17, 15) is 4.48 Å². The molecule has 2 aromatic carbocycles. The smallest absolute Gasteiger partial charge is 0.101 e. The predicted octanol–water partition coefficient (Wildman–Crippen LogP) is 4.57. The molecule has 0 saturated heterocycles. The third kappa shape index (κ3) is 1.23. The van der Waals surface area contributed by atoms with Crippen LogP contribution < -0.4 is 0 Å². The second-order valence-corrected chi connectivity index (χ2v) is 5.58. The monoisotopic (exact) mass is 289 g/mol. The minimum absolute atomic E-state index is 0.512. The molecule has 5 rings (SSSR count). The van der Waals surface area contributed by atoms with Crippen LogP contribution in [0.5, 0.6) is 0 Å². The molecule has 0 radical (unpaired) electrons. The van der Waals surface area contributed by atoms with Gasteiger partial charge in [-0.3, -0.25) is 4.98 Å². The Morgan fingerprint density at radius 3 is 2.50 bits per heavy atom. The van der Waals surface area contributed by atoms with Crippen molar-refractivity contribution in [2.75, 3.05) is 0 Å². The highest BCUT2D eigenvalue weighted by Crippen LogP contribution is 2.38. The normalized spacial score (nSPS) is 12.1. The van der Waals surface area contributed by atoms with Gasteiger partial charge in [0, 0.05) is 40.4 Å². The van der Waals surface area contributed by atoms with E-state index >= 15 is 0 Å². The lowest BCUT2D eigenvalue weighted by atomic mass is 10.1. The van der Waals surface area contributed by atoms with Crippen molar-refractivity contribution in [2.45, 2.75) is 0 Å². The van der Waals surface area contributed by atoms with Crippen molar-refractivity contribution < 1.29 is 4.48 Å². The molecule has 3 nitrogen and oxygen atoms in total. The van der Waals surface area contributed by atoms with E-state index in [1.807, 2.05) is 31.3 Å². The van der Waals surface area contributed by atoms with E-state index < -0.39 is 0 Å². The maximum atomic E-state index is 14.6. The van der Waals surface area contributed by atoms with Crippen LogP contribution in [0.3, 0.4) is 0 Å². The maximum Gasteiger partial charge on any atom is 0.101 e. The summed E-state index contributed by atoms with van der Waals surface area (Å²) in [5.74, 6) is 0. The summed E-state index contributed by atoms with van der Waals surface area (Å²) in [4.78, 5) is 5.16. The number of nitrogens with zero attached hydrogens (tertiary/aromatic N) is 3. The third-order valence-electron chi connectivity index (χ3n) is 4.50. The number of halogens is 1. The van der Waals surface area contributed by atoms with E-state index in [-0.39, 0.29) is 0 Å². The number of pyridine rings is 1. The number of para-hydroxylation sites is 1. The van der Waals surface area contributed by atoms with Crippen LogP contribution in [0.1, 0.15) is 0 Å². The summed E-state index contributed by atoms with van der Waals surface area (Å²) in [7, 11) is 2.04. The molecule has 0 saturated carbocycles. The van der Waals surface area contributed by atoms with Gasteiger partial charge in [0.1, 0.15) is 5.52 Å². The van der Waals surface area contributed by atoms with Gasteiger partial charge in [0.25, 0.3) is 0 Å². The topological polar surface area (TPSA) is 22.8 Å². The molecule has 0 N–H and O–H groups in total. The Labute approximate surface area is 125 Å². The summed E-state index contributed by atoms with van der Waals surface area (Å²) in [6, 6.07) is 15.5. The van der Waals surface area contributed by atoms with Gasteiger partial charge in [-0.1, -0.05) is 22.7 Å². The molecule has 0 aliphatic heterocycles. The molecule has 106 valence electrons. The van der Waals surface area contributed by atoms with Crippen molar-refractivity contribution in [3.8, 4) is 0 Å². The van der Waals surface area contributed by atoms with Crippen LogP contribution in [-0.2, 0) is 7.05 Å². The number of benzene rings is 2. The Kier molecular flexibility index (Phi) is 2.06. The van der Waals surface area contributed by atoms with Crippen LogP contribution in [0.4, 0.5) is 4.48 Å². The Morgan fingerprint density at radius 1 is 0.818 bits per heavy atom. The number of hydrogen-bond donors (Lipinski definition) is 0. The molecular weight excluding hydrogens is 277 g/mol. The van der Waals surface area contributed by atoms with Crippen molar-refractivity contribution in [1.29, 1.82) is 0 Å². The molecule has 0 fully saturated rings. The summed E-state index contributed by atoms with van der Waals surface area (Å²) < 4.78 is 16.8. The second kappa shape index (κ2) is 3.85. The summed E-state index contributed by atoms with van der Waals surface area (Å²) in [5.41, 5.74) is 4.02. The third-order valence-corrected chi connectivity index (χ3v) is 4.50. The van der Waals surface area contributed by atoms with Gasteiger partial charge in [-0.15, -0.1) is 0 Å². The molecule has 3 heterocycles. The molecule has 3 aromatic heterocycles. The van der Waals surface area contributed by atoms with Crippen LogP contribution >= 0.6 is 0 Å². The number of fused-ring (bicyclic) bond motifs is 7. The van der Waals surface area contributed by atoms with Gasteiger partial charge in [-0.25, -0.2) is 0 Å². The summed E-state index contributed by atoms with van der Waals surface area (Å²) in [6.45, 7) is 0. The van der Waals surface area contributed by atoms with Gasteiger partial charge < -0.3 is 4.57 Å². The SMILES string of the molecule is Cn1c2ccccc2c2c3c4ncccc4n(F)c3ccc21. The average Bonchev–Trinajstić information content (AvgIpc) is 3.02. The van der Waals surface area contributed by atoms with Crippen molar-refractivity contribution >= 4 is 43.7 Å². The van der Waals surface area contributed by atoms with Crippen LogP contribution in [-0.4, -0.2) is 14.3 Å². The van der Waals surface area contributed by atoms with Crippen LogP contribution in [0.2, 0.25) is 0 Å². The Morgan fingerprint density at radius 2 is 1.59 bits per heavy atom. The van der Waals surface area contributed by atoms with Gasteiger partial charge in [-0.05, 0) is 30.3 Å². The van der Waals surface area contributed by atoms with Crippen molar-refractivity contribution in [3.63, 3.8) is 0 Å². The van der Waals surface area contributed by atoms with Gasteiger partial charge in [0.2, 0.25) is 0 Å². The second-order valence-electron chi connectivity index (χ2n) is 5.58. The van der Waals surface area contributed by atoms with Crippen molar-refractivity contribution in [3.05, 3.63) is 54.7 Å². The zero-order valence-electron chi connectivity index (χ0n) is 11.9. The van der Waals surface area contributed by atoms with E-state index in [1.165, 1.54) is 0 Å². The highest BCUT2D eigenvalue weighted by Gasteiger charge is 2.18. The molecule has 0 aliphatic rings. The molecule has 5 aromatic rings. The molecule has 4 heteroatoms. The quantitative estimate of drug-likeness (QED) is 0.409. The van der Waals surface area contributed by atoms with Crippen molar-refractivity contribution in [2.24, 2.45) is 7.05 Å². The van der Waals surface area contributed by atoms with Gasteiger partial charge in [-0.2, -0.15) is 4.79 Å². The molecule has 0 atom stereocenters. The van der Waals surface area contributed by atoms with Gasteiger partial charge >= 0.3 is 0 Å². The Bertz CT molecular complexity index is 1100. The highest BCUT2D eigenvalue weighted by atomic mass is 19.2. The standard InChI is InChI=1S/C18H12FN3/c1-21-12-6-3-2-5-11(12)16-13(21)8-9-14-17(16)18-15(22(14)19)7-4-10-20-18/h2-10H,1H3. The first-order valence-electron chi connectivity index (χ1n) is 7.19. The zero-order chi connectivity index (χ0) is 14.8. The number of aryl methyl sites for hydroxylation is 1. The molecule has 22 heavy (non-hydrogen) atoms. The number of rotatable bonds is 0. The number of hydrogen-bond acceptors (Lipinski definition) is 1. The summed E-state index contributed by atoms with van der Waals surface area (Å²) in [6.07, 6.45) is 1.71.